The van der Waals surface area contributed by atoms with Crippen molar-refractivity contribution in [2.24, 2.45) is 10.9 Å². The van der Waals surface area contributed by atoms with Crippen molar-refractivity contribution in [3.63, 3.8) is 0 Å². The van der Waals surface area contributed by atoms with E-state index in [4.69, 9.17) is 15.3 Å². The van der Waals surface area contributed by atoms with Gasteiger partial charge in [0.15, 0.2) is 0 Å². The van der Waals surface area contributed by atoms with Crippen molar-refractivity contribution in [1.29, 1.82) is 0 Å². The Morgan fingerprint density at radius 1 is 1.27 bits per heavy atom. The summed E-state index contributed by atoms with van der Waals surface area (Å²) in [6.07, 6.45) is 2.48. The summed E-state index contributed by atoms with van der Waals surface area (Å²) in [5, 5.41) is 3.44. The Balaban J connectivity index is 2.36. The second-order valence-corrected chi connectivity index (χ2v) is 3.04. The molecule has 0 fully saturated rings. The Bertz CT molecular complexity index is 296. The molecule has 0 aromatic heterocycles. The van der Waals surface area contributed by atoms with E-state index in [1.165, 1.54) is 0 Å². The van der Waals surface area contributed by atoms with Crippen molar-refractivity contribution >= 4 is 6.21 Å². The van der Waals surface area contributed by atoms with Crippen LogP contribution in [0.2, 0.25) is 0 Å². The third kappa shape index (κ3) is 4.46. The van der Waals surface area contributed by atoms with Gasteiger partial charge < -0.3 is 15.3 Å². The van der Waals surface area contributed by atoms with Crippen LogP contribution in [0.4, 0.5) is 0 Å². The number of hydrazone groups is 1. The number of hydrogen-bond donors (Lipinski definition) is 1. The lowest BCUT2D eigenvalue weighted by Gasteiger charge is -2.05. The number of rotatable bonds is 6. The minimum absolute atomic E-state index is 0.665. The number of methoxy groups -OCH3 is 1. The average molecular weight is 208 g/mol. The van der Waals surface area contributed by atoms with Gasteiger partial charge in [0, 0.05) is 20.1 Å². The predicted octanol–water partition coefficient (Wildman–Crippen LogP) is 1.39. The van der Waals surface area contributed by atoms with Crippen molar-refractivity contribution in [2.45, 2.75) is 6.42 Å². The van der Waals surface area contributed by atoms with Crippen molar-refractivity contribution in [1.82, 2.24) is 0 Å². The molecule has 0 aliphatic rings. The highest BCUT2D eigenvalue weighted by Gasteiger charge is 1.93. The Morgan fingerprint density at radius 2 is 2.00 bits per heavy atom. The van der Waals surface area contributed by atoms with Crippen LogP contribution >= 0.6 is 0 Å². The summed E-state index contributed by atoms with van der Waals surface area (Å²) in [7, 11) is 1.68. The van der Waals surface area contributed by atoms with Crippen LogP contribution in [0.25, 0.3) is 0 Å². The van der Waals surface area contributed by atoms with E-state index in [1.807, 2.05) is 24.3 Å². The highest BCUT2D eigenvalue weighted by molar-refractivity contribution is 5.79. The molecule has 4 nitrogen and oxygen atoms in total. The van der Waals surface area contributed by atoms with Crippen LogP contribution in [-0.4, -0.2) is 26.5 Å². The zero-order valence-electron chi connectivity index (χ0n) is 8.85. The van der Waals surface area contributed by atoms with Gasteiger partial charge in [0.05, 0.1) is 12.8 Å². The van der Waals surface area contributed by atoms with Crippen molar-refractivity contribution in [3.05, 3.63) is 29.8 Å². The molecule has 0 bridgehead atoms. The fourth-order valence-electron chi connectivity index (χ4n) is 1.13. The summed E-state index contributed by atoms with van der Waals surface area (Å²) >= 11 is 0. The molecular formula is C11H16N2O2. The SMILES string of the molecule is COCCCOc1ccc(C=NN)cc1. The number of hydrogen-bond acceptors (Lipinski definition) is 4. The van der Waals surface area contributed by atoms with E-state index in [-0.39, 0.29) is 0 Å². The van der Waals surface area contributed by atoms with Gasteiger partial charge in [-0.05, 0) is 29.8 Å². The average Bonchev–Trinajstić information content (AvgIpc) is 2.27. The number of nitrogens with two attached hydrogens (primary N) is 1. The standard InChI is InChI=1S/C11H16N2O2/c1-14-7-2-8-15-11-5-3-10(4-6-11)9-13-12/h3-6,9H,2,7-8,12H2,1H3. The Kier molecular flexibility index (Phi) is 5.25. The quantitative estimate of drug-likeness (QED) is 0.333. The van der Waals surface area contributed by atoms with Crippen LogP contribution in [0, 0.1) is 0 Å². The maximum Gasteiger partial charge on any atom is 0.119 e. The van der Waals surface area contributed by atoms with Gasteiger partial charge in [0.1, 0.15) is 5.75 Å². The topological polar surface area (TPSA) is 56.8 Å². The van der Waals surface area contributed by atoms with Crippen LogP contribution in [0.3, 0.4) is 0 Å². The molecule has 1 rings (SSSR count). The number of benzene rings is 1. The van der Waals surface area contributed by atoms with Gasteiger partial charge in [0.25, 0.3) is 0 Å². The highest BCUT2D eigenvalue weighted by Crippen LogP contribution is 2.11. The summed E-state index contributed by atoms with van der Waals surface area (Å²) in [5.41, 5.74) is 0.960. The van der Waals surface area contributed by atoms with Crippen molar-refractivity contribution in [3.8, 4) is 5.75 Å². The third-order valence-corrected chi connectivity index (χ3v) is 1.87. The molecule has 0 saturated carbocycles. The van der Waals surface area contributed by atoms with Crippen LogP contribution in [0.15, 0.2) is 29.4 Å². The van der Waals surface area contributed by atoms with Gasteiger partial charge in [-0.3, -0.25) is 0 Å². The molecule has 0 atom stereocenters. The molecule has 82 valence electrons. The molecule has 15 heavy (non-hydrogen) atoms. The van der Waals surface area contributed by atoms with Crippen LogP contribution in [0.5, 0.6) is 5.75 Å². The maximum atomic E-state index is 5.49. The minimum Gasteiger partial charge on any atom is -0.494 e. The molecular weight excluding hydrogens is 192 g/mol. The van der Waals surface area contributed by atoms with E-state index in [2.05, 4.69) is 5.10 Å². The minimum atomic E-state index is 0.665. The molecule has 1 aromatic carbocycles. The van der Waals surface area contributed by atoms with Gasteiger partial charge >= 0.3 is 0 Å². The lowest BCUT2D eigenvalue weighted by molar-refractivity contribution is 0.172. The normalized spacial score (nSPS) is 10.7. The Morgan fingerprint density at radius 3 is 2.60 bits per heavy atom. The lowest BCUT2D eigenvalue weighted by atomic mass is 10.2. The Hall–Kier alpha value is -1.55. The number of ether oxygens (including phenoxy) is 2. The summed E-state index contributed by atoms with van der Waals surface area (Å²) < 4.78 is 10.4. The Labute approximate surface area is 89.7 Å². The second-order valence-electron chi connectivity index (χ2n) is 3.04. The zero-order valence-corrected chi connectivity index (χ0v) is 8.85. The van der Waals surface area contributed by atoms with E-state index >= 15 is 0 Å². The smallest absolute Gasteiger partial charge is 0.119 e. The van der Waals surface area contributed by atoms with E-state index in [0.717, 1.165) is 24.3 Å². The monoisotopic (exact) mass is 208 g/mol. The first kappa shape index (κ1) is 11.5. The largest absolute Gasteiger partial charge is 0.494 e. The second kappa shape index (κ2) is 6.84. The van der Waals surface area contributed by atoms with Gasteiger partial charge in [-0.2, -0.15) is 5.10 Å². The molecule has 2 N–H and O–H groups in total. The van der Waals surface area contributed by atoms with E-state index in [0.29, 0.717) is 6.61 Å². The zero-order chi connectivity index (χ0) is 10.9. The first-order valence-corrected chi connectivity index (χ1v) is 4.82. The van der Waals surface area contributed by atoms with Gasteiger partial charge in [0.2, 0.25) is 0 Å². The van der Waals surface area contributed by atoms with Gasteiger partial charge in [-0.1, -0.05) is 0 Å². The van der Waals surface area contributed by atoms with E-state index in [1.54, 1.807) is 13.3 Å². The van der Waals surface area contributed by atoms with E-state index in [9.17, 15) is 0 Å². The third-order valence-electron chi connectivity index (χ3n) is 1.87. The van der Waals surface area contributed by atoms with E-state index < -0.39 is 0 Å². The molecule has 0 aliphatic carbocycles. The van der Waals surface area contributed by atoms with Crippen LogP contribution in [-0.2, 0) is 4.74 Å². The van der Waals surface area contributed by atoms with Gasteiger partial charge in [-0.15, -0.1) is 0 Å². The number of nitrogens with zero attached hydrogens (tertiary/aromatic N) is 1. The summed E-state index contributed by atoms with van der Waals surface area (Å²) in [6.45, 7) is 1.38. The molecule has 0 amide bonds. The molecule has 0 radical (unpaired) electrons. The predicted molar refractivity (Wildman–Crippen MR) is 60.2 cm³/mol. The maximum absolute atomic E-state index is 5.49. The molecule has 0 saturated heterocycles. The summed E-state index contributed by atoms with van der Waals surface area (Å²) in [5.74, 6) is 5.88. The summed E-state index contributed by atoms with van der Waals surface area (Å²) in [4.78, 5) is 0. The highest BCUT2D eigenvalue weighted by atomic mass is 16.5. The first-order valence-electron chi connectivity index (χ1n) is 4.82. The molecule has 0 aliphatic heterocycles. The fraction of sp³-hybridized carbons (Fsp3) is 0.364. The molecule has 4 heteroatoms. The van der Waals surface area contributed by atoms with Crippen LogP contribution in [0.1, 0.15) is 12.0 Å². The fourth-order valence-corrected chi connectivity index (χ4v) is 1.13. The molecule has 0 unspecified atom stereocenters. The van der Waals surface area contributed by atoms with Crippen molar-refractivity contribution in [2.75, 3.05) is 20.3 Å². The molecule has 0 spiro atoms. The molecule has 0 heterocycles. The first-order chi connectivity index (χ1) is 7.36. The van der Waals surface area contributed by atoms with Gasteiger partial charge in [-0.25, -0.2) is 0 Å². The van der Waals surface area contributed by atoms with Crippen molar-refractivity contribution < 1.29 is 9.47 Å². The lowest BCUT2D eigenvalue weighted by Crippen LogP contribution is -2.01. The molecule has 1 aromatic rings. The summed E-state index contributed by atoms with van der Waals surface area (Å²) in [6, 6.07) is 7.59. The van der Waals surface area contributed by atoms with Crippen LogP contribution < -0.4 is 10.6 Å².